The zero-order valence-electron chi connectivity index (χ0n) is 14.5. The minimum absolute atomic E-state index is 0.0559. The molecule has 1 aliphatic rings. The number of carbonyl (C=O) groups excluding carboxylic acids is 1. The standard InChI is InChI=1S/C20H21FN4O/c1-2-25-17-10-6-3-7-13(17)11-18(25)16-12-19(24-23-16)22-20(26)14-8-4-5-9-15(14)21/h3-11,16,19,23-24H,2,12H2,1H3,(H,22,26). The van der Waals surface area contributed by atoms with Crippen molar-refractivity contribution in [2.24, 2.45) is 0 Å². The number of fused-ring (bicyclic) bond motifs is 1. The number of aromatic nitrogens is 1. The molecule has 1 saturated heterocycles. The highest BCUT2D eigenvalue weighted by Gasteiger charge is 2.29. The highest BCUT2D eigenvalue weighted by atomic mass is 19.1. The van der Waals surface area contributed by atoms with Gasteiger partial charge in [0.05, 0.1) is 17.8 Å². The Morgan fingerprint density at radius 3 is 2.77 bits per heavy atom. The van der Waals surface area contributed by atoms with Crippen molar-refractivity contribution in [2.45, 2.75) is 32.1 Å². The van der Waals surface area contributed by atoms with Gasteiger partial charge in [-0.25, -0.2) is 15.2 Å². The van der Waals surface area contributed by atoms with Crippen LogP contribution < -0.4 is 16.2 Å². The predicted octanol–water partition coefficient (Wildman–Crippen LogP) is 3.10. The predicted molar refractivity (Wildman–Crippen MR) is 98.9 cm³/mol. The number of nitrogens with one attached hydrogen (secondary N) is 3. The van der Waals surface area contributed by atoms with Gasteiger partial charge in [-0.1, -0.05) is 30.3 Å². The quantitative estimate of drug-likeness (QED) is 0.676. The number of amides is 1. The molecule has 26 heavy (non-hydrogen) atoms. The van der Waals surface area contributed by atoms with Crippen LogP contribution in [0.3, 0.4) is 0 Å². The van der Waals surface area contributed by atoms with Crippen molar-refractivity contribution in [3.05, 3.63) is 71.7 Å². The van der Waals surface area contributed by atoms with Crippen molar-refractivity contribution >= 4 is 16.8 Å². The largest absolute Gasteiger partial charge is 0.343 e. The van der Waals surface area contributed by atoms with Crippen molar-refractivity contribution in [3.8, 4) is 0 Å². The van der Waals surface area contributed by atoms with Gasteiger partial charge in [-0.3, -0.25) is 4.79 Å². The molecule has 0 aliphatic carbocycles. The SMILES string of the molecule is CCn1c(C2CC(NC(=O)c3ccccc3F)NN2)cc2ccccc21. The molecule has 3 aromatic rings. The first kappa shape index (κ1) is 16.8. The maximum absolute atomic E-state index is 13.8. The van der Waals surface area contributed by atoms with E-state index in [2.05, 4.69) is 45.9 Å². The number of hydrazine groups is 1. The van der Waals surface area contributed by atoms with Gasteiger partial charge < -0.3 is 9.88 Å². The number of benzene rings is 2. The van der Waals surface area contributed by atoms with E-state index >= 15 is 0 Å². The van der Waals surface area contributed by atoms with Gasteiger partial charge in [0.1, 0.15) is 5.82 Å². The first-order valence-corrected chi connectivity index (χ1v) is 8.82. The molecule has 2 aromatic carbocycles. The monoisotopic (exact) mass is 352 g/mol. The third-order valence-electron chi connectivity index (χ3n) is 4.84. The van der Waals surface area contributed by atoms with Gasteiger partial charge >= 0.3 is 0 Å². The lowest BCUT2D eigenvalue weighted by atomic mass is 10.1. The average molecular weight is 352 g/mol. The molecule has 6 heteroatoms. The Balaban J connectivity index is 1.51. The molecule has 0 bridgehead atoms. The Labute approximate surface area is 151 Å². The molecule has 134 valence electrons. The van der Waals surface area contributed by atoms with Crippen LogP contribution in [0.4, 0.5) is 4.39 Å². The Kier molecular flexibility index (Phi) is 4.44. The van der Waals surface area contributed by atoms with E-state index in [1.807, 2.05) is 12.1 Å². The number of hydrogen-bond acceptors (Lipinski definition) is 3. The third-order valence-corrected chi connectivity index (χ3v) is 4.84. The Morgan fingerprint density at radius 2 is 1.96 bits per heavy atom. The molecule has 1 amide bonds. The van der Waals surface area contributed by atoms with E-state index in [4.69, 9.17) is 0 Å². The van der Waals surface area contributed by atoms with Crippen LogP contribution in [0.1, 0.15) is 35.4 Å². The summed E-state index contributed by atoms with van der Waals surface area (Å²) >= 11 is 0. The van der Waals surface area contributed by atoms with Crippen molar-refractivity contribution in [1.29, 1.82) is 0 Å². The van der Waals surface area contributed by atoms with E-state index in [1.165, 1.54) is 28.7 Å². The first-order valence-electron chi connectivity index (χ1n) is 8.82. The second-order valence-electron chi connectivity index (χ2n) is 6.46. The lowest BCUT2D eigenvalue weighted by Crippen LogP contribution is -2.44. The summed E-state index contributed by atoms with van der Waals surface area (Å²) in [6.45, 7) is 2.99. The number of hydrogen-bond donors (Lipinski definition) is 3. The molecule has 1 aromatic heterocycles. The summed E-state index contributed by atoms with van der Waals surface area (Å²) in [7, 11) is 0. The van der Waals surface area contributed by atoms with Gasteiger partial charge in [0, 0.05) is 24.2 Å². The van der Waals surface area contributed by atoms with Crippen molar-refractivity contribution in [3.63, 3.8) is 0 Å². The molecule has 2 atom stereocenters. The third kappa shape index (κ3) is 2.98. The zero-order valence-corrected chi connectivity index (χ0v) is 14.5. The summed E-state index contributed by atoms with van der Waals surface area (Å²) in [6, 6.07) is 16.5. The molecular weight excluding hydrogens is 331 g/mol. The summed E-state index contributed by atoms with van der Waals surface area (Å²) in [5.74, 6) is -0.933. The van der Waals surface area contributed by atoms with Crippen LogP contribution in [-0.2, 0) is 6.54 Å². The summed E-state index contributed by atoms with van der Waals surface area (Å²) < 4.78 is 16.0. The van der Waals surface area contributed by atoms with Gasteiger partial charge in [-0.2, -0.15) is 0 Å². The van der Waals surface area contributed by atoms with Crippen LogP contribution in [-0.4, -0.2) is 16.6 Å². The van der Waals surface area contributed by atoms with E-state index in [0.29, 0.717) is 6.42 Å². The van der Waals surface area contributed by atoms with Gasteiger partial charge in [-0.05, 0) is 36.6 Å². The number of carbonyl (C=O) groups is 1. The van der Waals surface area contributed by atoms with Crippen LogP contribution in [0.25, 0.3) is 10.9 Å². The molecule has 4 rings (SSSR count). The average Bonchev–Trinajstić information content (AvgIpc) is 3.25. The van der Waals surface area contributed by atoms with E-state index in [0.717, 1.165) is 6.54 Å². The normalized spacial score (nSPS) is 19.8. The molecule has 3 N–H and O–H groups in total. The van der Waals surface area contributed by atoms with Crippen LogP contribution in [0.15, 0.2) is 54.6 Å². The van der Waals surface area contributed by atoms with Crippen LogP contribution in [0, 0.1) is 5.82 Å². The van der Waals surface area contributed by atoms with Crippen LogP contribution >= 0.6 is 0 Å². The topological polar surface area (TPSA) is 58.1 Å². The minimum atomic E-state index is -0.515. The lowest BCUT2D eigenvalue weighted by Gasteiger charge is -2.14. The van der Waals surface area contributed by atoms with E-state index in [9.17, 15) is 9.18 Å². The minimum Gasteiger partial charge on any atom is -0.343 e. The van der Waals surface area contributed by atoms with E-state index < -0.39 is 11.7 Å². The molecule has 2 heterocycles. The Hall–Kier alpha value is -2.70. The number of para-hydroxylation sites is 1. The Morgan fingerprint density at radius 1 is 1.19 bits per heavy atom. The van der Waals surface area contributed by atoms with Crippen LogP contribution in [0.2, 0.25) is 0 Å². The summed E-state index contributed by atoms with van der Waals surface area (Å²) in [5, 5.41) is 4.04. The maximum Gasteiger partial charge on any atom is 0.255 e. The second kappa shape index (κ2) is 6.90. The zero-order chi connectivity index (χ0) is 18.1. The molecule has 0 spiro atoms. The van der Waals surface area contributed by atoms with E-state index in [-0.39, 0.29) is 17.8 Å². The van der Waals surface area contributed by atoms with Crippen LogP contribution in [0.5, 0.6) is 0 Å². The molecule has 2 unspecified atom stereocenters. The van der Waals surface area contributed by atoms with Gasteiger partial charge in [-0.15, -0.1) is 0 Å². The van der Waals surface area contributed by atoms with Gasteiger partial charge in [0.2, 0.25) is 0 Å². The second-order valence-corrected chi connectivity index (χ2v) is 6.46. The summed E-state index contributed by atoms with van der Waals surface area (Å²) in [4.78, 5) is 12.3. The summed E-state index contributed by atoms with van der Waals surface area (Å²) in [5.41, 5.74) is 8.78. The summed E-state index contributed by atoms with van der Waals surface area (Å²) in [6.07, 6.45) is 0.409. The number of halogens is 1. The molecule has 1 aliphatic heterocycles. The molecule has 1 fully saturated rings. The fourth-order valence-electron chi connectivity index (χ4n) is 3.60. The maximum atomic E-state index is 13.8. The van der Waals surface area contributed by atoms with E-state index in [1.54, 1.807) is 12.1 Å². The highest BCUT2D eigenvalue weighted by molar-refractivity contribution is 5.94. The van der Waals surface area contributed by atoms with Crippen molar-refractivity contribution < 1.29 is 9.18 Å². The number of nitrogens with zero attached hydrogens (tertiary/aromatic N) is 1. The van der Waals surface area contributed by atoms with Crippen molar-refractivity contribution in [1.82, 2.24) is 20.7 Å². The first-order chi connectivity index (χ1) is 12.7. The molecule has 0 radical (unpaired) electrons. The fourth-order valence-corrected chi connectivity index (χ4v) is 3.60. The smallest absolute Gasteiger partial charge is 0.255 e. The number of rotatable bonds is 4. The van der Waals surface area contributed by atoms with Gasteiger partial charge in [0.25, 0.3) is 5.91 Å². The lowest BCUT2D eigenvalue weighted by molar-refractivity contribution is 0.0928. The molecule has 5 nitrogen and oxygen atoms in total. The van der Waals surface area contributed by atoms with Crippen molar-refractivity contribution in [2.75, 3.05) is 0 Å². The number of aryl methyl sites for hydroxylation is 1. The highest BCUT2D eigenvalue weighted by Crippen LogP contribution is 2.28. The Bertz CT molecular complexity index is 952. The molecule has 0 saturated carbocycles. The fraction of sp³-hybridized carbons (Fsp3) is 0.250. The molecular formula is C20H21FN4O. The van der Waals surface area contributed by atoms with Gasteiger partial charge in [0.15, 0.2) is 0 Å².